The highest BCUT2D eigenvalue weighted by Crippen LogP contribution is 2.19. The first-order valence-corrected chi connectivity index (χ1v) is 7.18. The topological polar surface area (TPSA) is 77.0 Å². The fourth-order valence-corrected chi connectivity index (χ4v) is 2.55. The van der Waals surface area contributed by atoms with Crippen LogP contribution in [0, 0.1) is 5.92 Å². The van der Waals surface area contributed by atoms with Crippen molar-refractivity contribution in [1.29, 1.82) is 0 Å². The predicted molar refractivity (Wildman–Crippen MR) is 91.4 cm³/mol. The number of nitrogens with two attached hydrogens (primary N) is 1. The summed E-state index contributed by atoms with van der Waals surface area (Å²) in [4.78, 5) is 4.47. The number of hydrogen-bond acceptors (Lipinski definition) is 5. The van der Waals surface area contributed by atoms with E-state index in [0.29, 0.717) is 12.4 Å². The number of nitrogens with zero attached hydrogens (tertiary/aromatic N) is 2. The van der Waals surface area contributed by atoms with E-state index >= 15 is 0 Å². The second kappa shape index (κ2) is 9.10. The molecule has 5 nitrogen and oxygen atoms in total. The van der Waals surface area contributed by atoms with Crippen LogP contribution in [0.4, 0.5) is 0 Å². The molecule has 1 aliphatic rings. The Morgan fingerprint density at radius 2 is 2.00 bits per heavy atom. The lowest BCUT2D eigenvalue weighted by molar-refractivity contribution is 0.365. The highest BCUT2D eigenvalue weighted by Gasteiger charge is 2.16. The smallest absolute Gasteiger partial charge is 0.226 e. The van der Waals surface area contributed by atoms with Crippen molar-refractivity contribution in [1.82, 2.24) is 15.5 Å². The van der Waals surface area contributed by atoms with Crippen molar-refractivity contribution in [3.8, 4) is 11.4 Å². The Hall–Kier alpha value is -1.14. The summed E-state index contributed by atoms with van der Waals surface area (Å²) < 4.78 is 5.33. The number of nitrogens with one attached hydrogen (secondary N) is 1. The molecule has 0 amide bonds. The second-order valence-corrected chi connectivity index (χ2v) is 5.31. The van der Waals surface area contributed by atoms with E-state index in [1.807, 2.05) is 24.3 Å². The molecule has 3 N–H and O–H groups in total. The average molecular weight is 345 g/mol. The lowest BCUT2D eigenvalue weighted by Gasteiger charge is -2.03. The van der Waals surface area contributed by atoms with E-state index < -0.39 is 0 Å². The van der Waals surface area contributed by atoms with E-state index in [9.17, 15) is 0 Å². The van der Waals surface area contributed by atoms with Crippen LogP contribution in [0.1, 0.15) is 24.3 Å². The number of hydrogen-bond donors (Lipinski definition) is 2. The second-order valence-electron chi connectivity index (χ2n) is 5.31. The van der Waals surface area contributed by atoms with Gasteiger partial charge in [0.2, 0.25) is 11.7 Å². The van der Waals surface area contributed by atoms with Gasteiger partial charge in [-0.15, -0.1) is 24.8 Å². The van der Waals surface area contributed by atoms with Gasteiger partial charge < -0.3 is 15.6 Å². The summed E-state index contributed by atoms with van der Waals surface area (Å²) in [5.74, 6) is 2.14. The van der Waals surface area contributed by atoms with E-state index in [1.54, 1.807) is 0 Å². The highest BCUT2D eigenvalue weighted by atomic mass is 35.5. The third-order valence-corrected chi connectivity index (χ3v) is 3.84. The molecule has 7 heteroatoms. The molecule has 0 spiro atoms. The minimum atomic E-state index is 0. The third kappa shape index (κ3) is 4.68. The molecule has 1 atom stereocenters. The summed E-state index contributed by atoms with van der Waals surface area (Å²) >= 11 is 0. The van der Waals surface area contributed by atoms with E-state index in [4.69, 9.17) is 10.3 Å². The molecular formula is C15H22Cl2N4O. The molecule has 1 fully saturated rings. The fourth-order valence-electron chi connectivity index (χ4n) is 2.55. The summed E-state index contributed by atoms with van der Waals surface area (Å²) in [6, 6.07) is 7.96. The van der Waals surface area contributed by atoms with E-state index in [0.717, 1.165) is 48.9 Å². The van der Waals surface area contributed by atoms with E-state index in [-0.39, 0.29) is 24.8 Å². The maximum atomic E-state index is 5.59. The number of halogens is 2. The van der Waals surface area contributed by atoms with Crippen LogP contribution in [-0.2, 0) is 13.0 Å². The van der Waals surface area contributed by atoms with Crippen molar-refractivity contribution < 1.29 is 4.52 Å². The van der Waals surface area contributed by atoms with Gasteiger partial charge in [0.25, 0.3) is 0 Å². The Balaban J connectivity index is 0.00000121. The van der Waals surface area contributed by atoms with Gasteiger partial charge in [-0.3, -0.25) is 0 Å². The molecule has 122 valence electrons. The minimum absolute atomic E-state index is 0. The Labute approximate surface area is 142 Å². The van der Waals surface area contributed by atoms with Crippen LogP contribution >= 0.6 is 24.8 Å². The van der Waals surface area contributed by atoms with Gasteiger partial charge in [0, 0.05) is 18.5 Å². The van der Waals surface area contributed by atoms with Crippen LogP contribution in [-0.4, -0.2) is 23.2 Å². The maximum Gasteiger partial charge on any atom is 0.226 e. The van der Waals surface area contributed by atoms with Crippen LogP contribution < -0.4 is 11.1 Å². The van der Waals surface area contributed by atoms with Gasteiger partial charge >= 0.3 is 0 Å². The van der Waals surface area contributed by atoms with Crippen LogP contribution in [0.3, 0.4) is 0 Å². The van der Waals surface area contributed by atoms with Crippen LogP contribution in [0.5, 0.6) is 0 Å². The molecule has 1 saturated heterocycles. The molecule has 1 unspecified atom stereocenters. The average Bonchev–Trinajstić information content (AvgIpc) is 3.17. The molecule has 3 rings (SSSR count). The van der Waals surface area contributed by atoms with Crippen molar-refractivity contribution >= 4 is 24.8 Å². The Kier molecular flexibility index (Phi) is 7.82. The molecule has 0 radical (unpaired) electrons. The number of benzene rings is 1. The molecule has 1 aromatic carbocycles. The van der Waals surface area contributed by atoms with Crippen molar-refractivity contribution in [2.75, 3.05) is 13.1 Å². The number of aromatic nitrogens is 2. The lowest BCUT2D eigenvalue weighted by Crippen LogP contribution is -2.09. The van der Waals surface area contributed by atoms with Crippen molar-refractivity contribution in [3.63, 3.8) is 0 Å². The molecule has 0 aliphatic carbocycles. The van der Waals surface area contributed by atoms with Gasteiger partial charge in [-0.05, 0) is 37.4 Å². The van der Waals surface area contributed by atoms with Gasteiger partial charge in [0.15, 0.2) is 0 Å². The van der Waals surface area contributed by atoms with Gasteiger partial charge in [0.1, 0.15) is 0 Å². The van der Waals surface area contributed by atoms with Crippen LogP contribution in [0.25, 0.3) is 11.4 Å². The predicted octanol–water partition coefficient (Wildman–Crippen LogP) is 2.58. The summed E-state index contributed by atoms with van der Waals surface area (Å²) in [5.41, 5.74) is 7.66. The summed E-state index contributed by atoms with van der Waals surface area (Å²) in [7, 11) is 0. The highest BCUT2D eigenvalue weighted by molar-refractivity contribution is 5.85. The maximum absolute atomic E-state index is 5.59. The quantitative estimate of drug-likeness (QED) is 0.871. The molecule has 22 heavy (non-hydrogen) atoms. The van der Waals surface area contributed by atoms with Crippen molar-refractivity contribution in [2.45, 2.75) is 25.8 Å². The normalized spacial score (nSPS) is 16.9. The Bertz CT molecular complexity index is 553. The Morgan fingerprint density at radius 1 is 1.23 bits per heavy atom. The SMILES string of the molecule is Cl.Cl.NCc1ccc(-c2noc(CCC3CCNC3)n2)cc1. The minimum Gasteiger partial charge on any atom is -0.339 e. The van der Waals surface area contributed by atoms with Crippen molar-refractivity contribution in [2.24, 2.45) is 11.7 Å². The number of aryl methyl sites for hydroxylation is 1. The van der Waals surface area contributed by atoms with Gasteiger partial charge in [-0.25, -0.2) is 0 Å². The Morgan fingerprint density at radius 3 is 2.64 bits per heavy atom. The van der Waals surface area contributed by atoms with Gasteiger partial charge in [0.05, 0.1) is 0 Å². The first-order chi connectivity index (χ1) is 9.85. The largest absolute Gasteiger partial charge is 0.339 e. The lowest BCUT2D eigenvalue weighted by atomic mass is 10.0. The van der Waals surface area contributed by atoms with Crippen molar-refractivity contribution in [3.05, 3.63) is 35.7 Å². The zero-order valence-electron chi connectivity index (χ0n) is 12.3. The van der Waals surface area contributed by atoms with Crippen LogP contribution in [0.2, 0.25) is 0 Å². The number of rotatable bonds is 5. The molecule has 2 heterocycles. The first kappa shape index (κ1) is 18.9. The standard InChI is InChI=1S/C15H20N4O.2ClH/c16-9-11-1-4-13(5-2-11)15-18-14(20-19-15)6-3-12-7-8-17-10-12;;/h1-2,4-5,12,17H,3,6-10,16H2;2*1H. The van der Waals surface area contributed by atoms with Gasteiger partial charge in [-0.2, -0.15) is 4.98 Å². The first-order valence-electron chi connectivity index (χ1n) is 7.18. The summed E-state index contributed by atoms with van der Waals surface area (Å²) in [6.45, 7) is 2.79. The van der Waals surface area contributed by atoms with E-state index in [1.165, 1.54) is 6.42 Å². The zero-order valence-corrected chi connectivity index (χ0v) is 14.0. The third-order valence-electron chi connectivity index (χ3n) is 3.84. The molecule has 1 aromatic heterocycles. The molecule has 1 aliphatic heterocycles. The molecule has 0 bridgehead atoms. The summed E-state index contributed by atoms with van der Waals surface area (Å²) in [6.07, 6.45) is 3.22. The molecular weight excluding hydrogens is 323 g/mol. The van der Waals surface area contributed by atoms with Crippen LogP contribution in [0.15, 0.2) is 28.8 Å². The molecule has 2 aromatic rings. The van der Waals surface area contributed by atoms with Gasteiger partial charge in [-0.1, -0.05) is 29.4 Å². The monoisotopic (exact) mass is 344 g/mol. The molecule has 0 saturated carbocycles. The fraction of sp³-hybridized carbons (Fsp3) is 0.467. The zero-order chi connectivity index (χ0) is 13.8. The van der Waals surface area contributed by atoms with E-state index in [2.05, 4.69) is 15.5 Å². The summed E-state index contributed by atoms with van der Waals surface area (Å²) in [5, 5.41) is 7.43.